The highest BCUT2D eigenvalue weighted by atomic mass is 79.9. The third-order valence-corrected chi connectivity index (χ3v) is 6.15. The number of amides is 1. The Hall–Kier alpha value is -3.29. The highest BCUT2D eigenvalue weighted by molar-refractivity contribution is 9.10. The maximum Gasteiger partial charge on any atom is 0.416 e. The van der Waals surface area contributed by atoms with E-state index < -0.39 is 17.6 Å². The highest BCUT2D eigenvalue weighted by Gasteiger charge is 2.30. The van der Waals surface area contributed by atoms with Crippen LogP contribution in [-0.2, 0) is 17.6 Å². The number of ether oxygens (including phenoxy) is 2. The van der Waals surface area contributed by atoms with Crippen molar-refractivity contribution in [3.8, 4) is 17.6 Å². The van der Waals surface area contributed by atoms with Crippen molar-refractivity contribution in [3.05, 3.63) is 91.9 Å². The van der Waals surface area contributed by atoms with Crippen LogP contribution >= 0.6 is 31.9 Å². The molecule has 3 aromatic rings. The van der Waals surface area contributed by atoms with Crippen molar-refractivity contribution in [2.45, 2.75) is 19.7 Å². The molecule has 10 heteroatoms. The molecular weight excluding hydrogens is 605 g/mol. The number of rotatable bonds is 8. The number of halogens is 5. The zero-order valence-corrected chi connectivity index (χ0v) is 22.0. The topological polar surface area (TPSA) is 71.3 Å². The molecule has 0 aromatic heterocycles. The third kappa shape index (κ3) is 7.12. The van der Waals surface area contributed by atoms with Gasteiger partial charge in [-0.3, -0.25) is 4.79 Å². The van der Waals surface area contributed by atoms with Gasteiger partial charge in [0.05, 0.1) is 16.6 Å². The van der Waals surface area contributed by atoms with Crippen LogP contribution in [0.25, 0.3) is 6.08 Å². The smallest absolute Gasteiger partial charge is 0.416 e. The van der Waals surface area contributed by atoms with Gasteiger partial charge in [-0.1, -0.05) is 40.2 Å². The average Bonchev–Trinajstić information content (AvgIpc) is 2.83. The number of benzene rings is 3. The molecule has 0 saturated heterocycles. The van der Waals surface area contributed by atoms with Gasteiger partial charge in [-0.2, -0.15) is 18.4 Å². The molecule has 0 bridgehead atoms. The molecule has 5 nitrogen and oxygen atoms in total. The van der Waals surface area contributed by atoms with E-state index in [-0.39, 0.29) is 17.9 Å². The van der Waals surface area contributed by atoms with Gasteiger partial charge in [0.25, 0.3) is 5.91 Å². The van der Waals surface area contributed by atoms with Crippen molar-refractivity contribution in [2.24, 2.45) is 0 Å². The fourth-order valence-electron chi connectivity index (χ4n) is 3.13. The minimum Gasteiger partial charge on any atom is -0.490 e. The molecule has 0 heterocycles. The summed E-state index contributed by atoms with van der Waals surface area (Å²) in [7, 11) is 0. The zero-order valence-electron chi connectivity index (χ0n) is 18.8. The summed E-state index contributed by atoms with van der Waals surface area (Å²) in [6, 6.07) is 16.8. The number of nitrogens with one attached hydrogen (secondary N) is 1. The molecule has 0 saturated carbocycles. The van der Waals surface area contributed by atoms with Gasteiger partial charge in [-0.25, -0.2) is 0 Å². The number of carbonyl (C=O) groups excluding carboxylic acids is 1. The predicted molar refractivity (Wildman–Crippen MR) is 137 cm³/mol. The summed E-state index contributed by atoms with van der Waals surface area (Å²) in [6.07, 6.45) is -3.25. The van der Waals surface area contributed by atoms with Crippen molar-refractivity contribution in [1.29, 1.82) is 5.26 Å². The second kappa shape index (κ2) is 12.1. The van der Waals surface area contributed by atoms with Crippen LogP contribution in [0.1, 0.15) is 23.6 Å². The maximum absolute atomic E-state index is 13.0. The van der Waals surface area contributed by atoms with Gasteiger partial charge in [0, 0.05) is 15.7 Å². The summed E-state index contributed by atoms with van der Waals surface area (Å²) < 4.78 is 52.0. The van der Waals surface area contributed by atoms with Crippen LogP contribution in [0.5, 0.6) is 11.5 Å². The van der Waals surface area contributed by atoms with Gasteiger partial charge in [0.2, 0.25) is 0 Å². The number of nitrogens with zero attached hydrogens (tertiary/aromatic N) is 1. The Bertz CT molecular complexity index is 1330. The lowest BCUT2D eigenvalue weighted by molar-refractivity contribution is -0.137. The molecule has 1 amide bonds. The number of hydrogen-bond acceptors (Lipinski definition) is 4. The minimum absolute atomic E-state index is 0.0806. The molecule has 0 fully saturated rings. The quantitative estimate of drug-likeness (QED) is 0.206. The maximum atomic E-state index is 13.0. The summed E-state index contributed by atoms with van der Waals surface area (Å²) >= 11 is 6.93. The van der Waals surface area contributed by atoms with Gasteiger partial charge in [0.15, 0.2) is 11.5 Å². The minimum atomic E-state index is -4.56. The van der Waals surface area contributed by atoms with Gasteiger partial charge in [-0.15, -0.1) is 0 Å². The second-order valence-corrected chi connectivity index (χ2v) is 9.05. The molecule has 3 rings (SSSR count). The van der Waals surface area contributed by atoms with Crippen LogP contribution in [0.4, 0.5) is 18.9 Å². The van der Waals surface area contributed by atoms with Crippen LogP contribution < -0.4 is 14.8 Å². The Labute approximate surface area is 222 Å². The third-order valence-electron chi connectivity index (χ3n) is 4.79. The second-order valence-electron chi connectivity index (χ2n) is 7.35. The first-order chi connectivity index (χ1) is 17.1. The molecule has 0 aliphatic rings. The van der Waals surface area contributed by atoms with Gasteiger partial charge in [-0.05, 0) is 70.9 Å². The van der Waals surface area contributed by atoms with Crippen LogP contribution in [0.15, 0.2) is 75.2 Å². The van der Waals surface area contributed by atoms with Gasteiger partial charge < -0.3 is 14.8 Å². The molecule has 0 aliphatic carbocycles. The number of anilines is 1. The largest absolute Gasteiger partial charge is 0.490 e. The van der Waals surface area contributed by atoms with E-state index in [9.17, 15) is 23.2 Å². The Balaban J connectivity index is 1.85. The van der Waals surface area contributed by atoms with Crippen molar-refractivity contribution >= 4 is 49.5 Å². The van der Waals surface area contributed by atoms with E-state index in [1.807, 2.05) is 24.3 Å². The SMILES string of the molecule is CCOc1cc(/C=C(\C#N)C(=O)Nc2cccc(C(F)(F)F)c2)cc(Br)c1OCc1ccccc1Br. The summed E-state index contributed by atoms with van der Waals surface area (Å²) in [5.74, 6) is -0.0161. The number of alkyl halides is 3. The van der Waals surface area contributed by atoms with Gasteiger partial charge >= 0.3 is 6.18 Å². The monoisotopic (exact) mass is 622 g/mol. The first-order valence-corrected chi connectivity index (χ1v) is 12.1. The number of carbonyl (C=O) groups is 1. The Morgan fingerprint density at radius 1 is 1.06 bits per heavy atom. The van der Waals surface area contributed by atoms with Crippen molar-refractivity contribution in [1.82, 2.24) is 0 Å². The fourth-order valence-corrected chi connectivity index (χ4v) is 4.10. The zero-order chi connectivity index (χ0) is 26.3. The van der Waals surface area contributed by atoms with Crippen LogP contribution in [0, 0.1) is 11.3 Å². The first-order valence-electron chi connectivity index (χ1n) is 10.5. The molecule has 186 valence electrons. The Morgan fingerprint density at radius 2 is 1.81 bits per heavy atom. The summed E-state index contributed by atoms with van der Waals surface area (Å²) in [6.45, 7) is 2.40. The Morgan fingerprint density at radius 3 is 2.47 bits per heavy atom. The average molecular weight is 624 g/mol. The number of hydrogen-bond donors (Lipinski definition) is 1. The predicted octanol–water partition coefficient (Wildman–Crippen LogP) is 7.75. The van der Waals surface area contributed by atoms with E-state index in [0.29, 0.717) is 28.1 Å². The van der Waals surface area contributed by atoms with Crippen molar-refractivity contribution < 1.29 is 27.4 Å². The van der Waals surface area contributed by atoms with Gasteiger partial charge in [0.1, 0.15) is 18.2 Å². The molecule has 0 aliphatic heterocycles. The normalized spacial score (nSPS) is 11.5. The first kappa shape index (κ1) is 27.3. The molecule has 0 unspecified atom stereocenters. The van der Waals surface area contributed by atoms with Crippen LogP contribution in [0.3, 0.4) is 0 Å². The molecular formula is C26H19Br2F3N2O3. The highest BCUT2D eigenvalue weighted by Crippen LogP contribution is 2.38. The standard InChI is InChI=1S/C26H19Br2F3N2O3/c1-2-35-23-12-16(11-22(28)24(23)36-15-17-6-3-4-9-21(17)27)10-18(14-32)25(34)33-20-8-5-7-19(13-20)26(29,30)31/h3-13H,2,15H2,1H3,(H,33,34)/b18-10+. The van der Waals surface area contributed by atoms with E-state index in [1.165, 1.54) is 18.2 Å². The molecule has 1 N–H and O–H groups in total. The van der Waals surface area contributed by atoms with E-state index >= 15 is 0 Å². The van der Waals surface area contributed by atoms with Crippen molar-refractivity contribution in [3.63, 3.8) is 0 Å². The van der Waals surface area contributed by atoms with Crippen molar-refractivity contribution in [2.75, 3.05) is 11.9 Å². The van der Waals surface area contributed by atoms with E-state index in [2.05, 4.69) is 37.2 Å². The lowest BCUT2D eigenvalue weighted by atomic mass is 10.1. The number of nitriles is 1. The van der Waals surface area contributed by atoms with E-state index in [1.54, 1.807) is 25.1 Å². The lowest BCUT2D eigenvalue weighted by Gasteiger charge is -2.15. The van der Waals surface area contributed by atoms with Crippen LogP contribution in [0.2, 0.25) is 0 Å². The van der Waals surface area contributed by atoms with E-state index in [4.69, 9.17) is 9.47 Å². The van der Waals surface area contributed by atoms with E-state index in [0.717, 1.165) is 22.2 Å². The molecule has 0 radical (unpaired) electrons. The summed E-state index contributed by atoms with van der Waals surface area (Å²) in [5, 5.41) is 11.9. The Kier molecular flexibility index (Phi) is 9.18. The summed E-state index contributed by atoms with van der Waals surface area (Å²) in [4.78, 5) is 12.6. The molecule has 0 spiro atoms. The molecule has 36 heavy (non-hydrogen) atoms. The lowest BCUT2D eigenvalue weighted by Crippen LogP contribution is -2.14. The fraction of sp³-hybridized carbons (Fsp3) is 0.154. The molecule has 3 aromatic carbocycles. The molecule has 0 atom stereocenters. The summed E-state index contributed by atoms with van der Waals surface area (Å²) in [5.41, 5.74) is 0.0842. The van der Waals surface area contributed by atoms with Crippen LogP contribution in [-0.4, -0.2) is 12.5 Å².